The third kappa shape index (κ3) is 9.02. The molecule has 7 heteroatoms. The molecule has 0 bridgehead atoms. The van der Waals surface area contributed by atoms with Gasteiger partial charge in [-0.15, -0.1) is 12.8 Å². The number of fused-ring (bicyclic) bond motifs is 1. The minimum absolute atomic E-state index is 0.0447. The number of aromatic amines is 1. The monoisotopic (exact) mass is 528 g/mol. The Morgan fingerprint density at radius 3 is 2.29 bits per heavy atom. The van der Waals surface area contributed by atoms with Crippen LogP contribution in [0.1, 0.15) is 86.6 Å². The van der Waals surface area contributed by atoms with Crippen LogP contribution in [0.5, 0.6) is 0 Å². The molecule has 1 aromatic heterocycles. The number of carbonyl (C=O) groups excluding carboxylic acids is 2. The van der Waals surface area contributed by atoms with E-state index in [4.69, 9.17) is 5.73 Å². The number of hydrogen-bond donors (Lipinski definition) is 3. The number of H-pyrrole nitrogens is 1. The lowest BCUT2D eigenvalue weighted by Gasteiger charge is -2.40. The molecule has 0 radical (unpaired) electrons. The number of Topliss-reactive ketones (excluding diaryl/α,β-unsaturated/α-hetero) is 1. The van der Waals surface area contributed by atoms with Gasteiger partial charge in [-0.05, 0) is 70.2 Å². The van der Waals surface area contributed by atoms with Gasteiger partial charge in [-0.1, -0.05) is 41.2 Å². The van der Waals surface area contributed by atoms with E-state index in [2.05, 4.69) is 36.7 Å². The van der Waals surface area contributed by atoms with E-state index in [0.29, 0.717) is 6.54 Å². The normalized spacial score (nSPS) is 19.6. The van der Waals surface area contributed by atoms with Crippen molar-refractivity contribution in [2.24, 2.45) is 11.7 Å². The number of halogens is 1. The molecule has 2 aromatic rings. The highest BCUT2D eigenvalue weighted by Crippen LogP contribution is 2.41. The minimum atomic E-state index is -0.509. The van der Waals surface area contributed by atoms with Crippen LogP contribution in [0.15, 0.2) is 36.7 Å². The Morgan fingerprint density at radius 1 is 1.26 bits per heavy atom. The topological polar surface area (TPSA) is 91.2 Å². The molecule has 0 aliphatic carbocycles. The number of benzene rings is 1. The number of ketones is 1. The third-order valence-electron chi connectivity index (χ3n) is 6.42. The molecule has 4 atom stereocenters. The predicted molar refractivity (Wildman–Crippen MR) is 158 cm³/mol. The molecule has 1 amide bonds. The van der Waals surface area contributed by atoms with Crippen molar-refractivity contribution in [3.05, 3.63) is 48.1 Å². The van der Waals surface area contributed by atoms with Crippen molar-refractivity contribution < 1.29 is 14.0 Å². The third-order valence-corrected chi connectivity index (χ3v) is 6.42. The number of nitrogens with one attached hydrogen (secondary N) is 2. The Morgan fingerprint density at radius 2 is 1.82 bits per heavy atom. The number of amides is 1. The largest absolute Gasteiger partial charge is 0.378 e. The second-order valence-corrected chi connectivity index (χ2v) is 10.2. The molecule has 6 nitrogen and oxygen atoms in total. The van der Waals surface area contributed by atoms with Crippen LogP contribution in [-0.2, 0) is 9.59 Å². The van der Waals surface area contributed by atoms with E-state index in [1.807, 2.05) is 58.7 Å². The second kappa shape index (κ2) is 16.0. The van der Waals surface area contributed by atoms with Gasteiger partial charge in [0.1, 0.15) is 17.6 Å². The van der Waals surface area contributed by atoms with Crippen molar-refractivity contribution in [2.45, 2.75) is 98.7 Å². The Labute approximate surface area is 229 Å². The van der Waals surface area contributed by atoms with Crippen LogP contribution >= 0.6 is 0 Å². The molecule has 1 aliphatic rings. The van der Waals surface area contributed by atoms with E-state index in [1.165, 1.54) is 26.0 Å². The van der Waals surface area contributed by atoms with Crippen LogP contribution in [0, 0.1) is 24.6 Å². The summed E-state index contributed by atoms with van der Waals surface area (Å²) in [5.74, 6) is 0.131. The molecule has 1 aromatic carbocycles. The summed E-state index contributed by atoms with van der Waals surface area (Å²) in [7, 11) is 0. The van der Waals surface area contributed by atoms with Crippen molar-refractivity contribution in [1.29, 1.82) is 0 Å². The van der Waals surface area contributed by atoms with Crippen molar-refractivity contribution in [3.63, 3.8) is 0 Å². The van der Waals surface area contributed by atoms with Crippen LogP contribution < -0.4 is 11.1 Å². The predicted octanol–water partition coefficient (Wildman–Crippen LogP) is 6.14. The summed E-state index contributed by atoms with van der Waals surface area (Å²) in [5.41, 5.74) is 8.90. The molecule has 1 saturated heterocycles. The highest BCUT2D eigenvalue weighted by atomic mass is 19.1. The zero-order chi connectivity index (χ0) is 29.8. The standard InChI is InChI=1S/C24H35FN4O.C3H6O.C2H6.C2H2/c1-7-17(19-13-27-20-12-16(25)8-9-18(19)20)22-24(6,26)10-11-29(22)23(30)21(14(2)3)28-15(4)5;1-3(2)4;2*1-2/h8-9,12-14,17,21-22,27-28H,4,7,10-11,26H2,1-3,5-6H3;1-2H3;1-2H3;1-2H/t17-,21?,22-,24+;;;/m1.../s1. The Hall–Kier alpha value is -3.11. The summed E-state index contributed by atoms with van der Waals surface area (Å²) in [6.45, 7) is 21.7. The lowest BCUT2D eigenvalue weighted by molar-refractivity contribution is -0.136. The van der Waals surface area contributed by atoms with Gasteiger partial charge in [0.05, 0.1) is 6.04 Å². The quantitative estimate of drug-likeness (QED) is 0.377. The van der Waals surface area contributed by atoms with E-state index in [-0.39, 0.29) is 41.4 Å². The number of likely N-dealkylation sites (tertiary alicyclic amines) is 1. The first-order valence-electron chi connectivity index (χ1n) is 13.4. The molecule has 3 rings (SSSR count). The molecule has 212 valence electrons. The van der Waals surface area contributed by atoms with E-state index in [0.717, 1.165) is 35.0 Å². The van der Waals surface area contributed by atoms with Crippen molar-refractivity contribution in [3.8, 4) is 12.8 Å². The number of nitrogens with two attached hydrogens (primary N) is 1. The van der Waals surface area contributed by atoms with Crippen molar-refractivity contribution in [2.75, 3.05) is 6.54 Å². The van der Waals surface area contributed by atoms with E-state index in [9.17, 15) is 14.0 Å². The average Bonchev–Trinajstić information content (AvgIpc) is 3.40. The van der Waals surface area contributed by atoms with E-state index in [1.54, 1.807) is 0 Å². The molecule has 2 heterocycles. The highest BCUT2D eigenvalue weighted by molar-refractivity contribution is 5.85. The van der Waals surface area contributed by atoms with Gasteiger partial charge >= 0.3 is 0 Å². The van der Waals surface area contributed by atoms with E-state index >= 15 is 0 Å². The van der Waals surface area contributed by atoms with Gasteiger partial charge in [-0.3, -0.25) is 4.79 Å². The zero-order valence-corrected chi connectivity index (χ0v) is 24.8. The average molecular weight is 529 g/mol. The summed E-state index contributed by atoms with van der Waals surface area (Å²) in [6, 6.07) is 4.32. The van der Waals surface area contributed by atoms with E-state index < -0.39 is 5.54 Å². The van der Waals surface area contributed by atoms with Crippen LogP contribution in [0.3, 0.4) is 0 Å². The summed E-state index contributed by atoms with van der Waals surface area (Å²) in [4.78, 5) is 28.2. The summed E-state index contributed by atoms with van der Waals surface area (Å²) < 4.78 is 13.7. The first kappa shape index (κ1) is 34.9. The number of nitrogens with zero attached hydrogens (tertiary/aromatic N) is 1. The lowest BCUT2D eigenvalue weighted by atomic mass is 9.79. The van der Waals surface area contributed by atoms with Crippen molar-refractivity contribution in [1.82, 2.24) is 15.2 Å². The van der Waals surface area contributed by atoms with Crippen LogP contribution in [0.2, 0.25) is 0 Å². The van der Waals surface area contributed by atoms with Crippen LogP contribution in [0.25, 0.3) is 10.9 Å². The van der Waals surface area contributed by atoms with Gasteiger partial charge in [0.2, 0.25) is 5.91 Å². The maximum atomic E-state index is 13.7. The Kier molecular flexibility index (Phi) is 14.7. The van der Waals surface area contributed by atoms with Gasteiger partial charge in [-0.2, -0.15) is 0 Å². The minimum Gasteiger partial charge on any atom is -0.378 e. The number of allylic oxidation sites excluding steroid dienone is 1. The first-order valence-corrected chi connectivity index (χ1v) is 13.4. The molecule has 0 saturated carbocycles. The molecule has 0 spiro atoms. The molecular formula is C31H49FN4O2. The van der Waals surface area contributed by atoms with Gasteiger partial charge in [0, 0.05) is 40.8 Å². The SMILES string of the molecule is C#C.C=C(C)NC(C(=O)N1CC[C@](C)(N)[C@H]1[C@H](CC)c1c[nH]c2cc(F)ccc12)C(C)C.CC.CC(C)=O. The Bertz CT molecular complexity index is 1070. The van der Waals surface area contributed by atoms with Crippen LogP contribution in [0.4, 0.5) is 4.39 Å². The fraction of sp³-hybridized carbons (Fsp3) is 0.548. The molecule has 1 fully saturated rings. The van der Waals surface area contributed by atoms with Crippen molar-refractivity contribution >= 4 is 22.6 Å². The molecule has 38 heavy (non-hydrogen) atoms. The number of hydrogen-bond acceptors (Lipinski definition) is 4. The first-order chi connectivity index (χ1) is 17.8. The number of terminal acetylenes is 1. The number of rotatable bonds is 7. The van der Waals surface area contributed by atoms with Crippen LogP contribution in [-0.4, -0.2) is 45.7 Å². The van der Waals surface area contributed by atoms with Gasteiger partial charge in [0.15, 0.2) is 0 Å². The zero-order valence-electron chi connectivity index (χ0n) is 24.8. The maximum Gasteiger partial charge on any atom is 0.245 e. The summed E-state index contributed by atoms with van der Waals surface area (Å²) in [5, 5.41) is 4.24. The molecule has 4 N–H and O–H groups in total. The van der Waals surface area contributed by atoms with Gasteiger partial charge < -0.3 is 25.7 Å². The second-order valence-electron chi connectivity index (χ2n) is 10.2. The fourth-order valence-corrected chi connectivity index (χ4v) is 4.93. The number of carbonyl (C=O) groups is 2. The smallest absolute Gasteiger partial charge is 0.245 e. The maximum absolute atomic E-state index is 13.7. The lowest BCUT2D eigenvalue weighted by Crippen LogP contribution is -2.57. The summed E-state index contributed by atoms with van der Waals surface area (Å²) >= 11 is 0. The summed E-state index contributed by atoms with van der Waals surface area (Å²) in [6.07, 6.45) is 11.5. The van der Waals surface area contributed by atoms with Gasteiger partial charge in [-0.25, -0.2) is 4.39 Å². The Balaban J connectivity index is 0.00000153. The number of aromatic nitrogens is 1. The molecule has 1 unspecified atom stereocenters. The molecule has 1 aliphatic heterocycles. The van der Waals surface area contributed by atoms with Gasteiger partial charge in [0.25, 0.3) is 0 Å². The fourth-order valence-electron chi connectivity index (χ4n) is 4.93. The molecular weight excluding hydrogens is 479 g/mol. The highest BCUT2D eigenvalue weighted by Gasteiger charge is 2.49.